The van der Waals surface area contributed by atoms with E-state index in [1.807, 2.05) is 0 Å². The molecular weight excluding hydrogens is 474 g/mol. The first-order valence-electron chi connectivity index (χ1n) is 8.03. The second-order valence-electron chi connectivity index (χ2n) is 6.14. The Balaban J connectivity index is 2.85. The Hall–Kier alpha value is -2.87. The lowest BCUT2D eigenvalue weighted by Crippen LogP contribution is -2.41. The number of sulfonamides is 1. The number of ether oxygens (including phenoxy) is 1. The number of nitrogens with zero attached hydrogens (tertiary/aromatic N) is 3. The summed E-state index contributed by atoms with van der Waals surface area (Å²) in [6, 6.07) is 1.28. The fourth-order valence-electron chi connectivity index (χ4n) is 2.57. The summed E-state index contributed by atoms with van der Waals surface area (Å²) in [7, 11) is -2.51. The minimum Gasteiger partial charge on any atom is -0.468 e. The number of aromatic nitrogens is 2. The summed E-state index contributed by atoms with van der Waals surface area (Å²) >= 11 is 5.89. The number of anilines is 1. The van der Waals surface area contributed by atoms with Crippen molar-refractivity contribution in [1.29, 1.82) is 0 Å². The van der Waals surface area contributed by atoms with Crippen LogP contribution in [0.5, 0.6) is 0 Å². The molecular formula is C16H14ClF4N3O6S. The zero-order valence-corrected chi connectivity index (χ0v) is 17.6. The smallest absolute Gasteiger partial charge is 0.431 e. The molecule has 0 aliphatic heterocycles. The van der Waals surface area contributed by atoms with Crippen LogP contribution in [0.1, 0.15) is 5.69 Å². The van der Waals surface area contributed by atoms with Crippen molar-refractivity contribution in [2.75, 3.05) is 24.2 Å². The van der Waals surface area contributed by atoms with Crippen molar-refractivity contribution < 1.29 is 35.5 Å². The van der Waals surface area contributed by atoms with Gasteiger partial charge in [0.25, 0.3) is 5.56 Å². The van der Waals surface area contributed by atoms with Gasteiger partial charge in [0, 0.05) is 13.1 Å². The Labute approximate surface area is 177 Å². The SMILES string of the molecule is COC(=O)CN(c1cc(-n2c(=O)cc(C(F)(F)F)n(C)c2=O)c(F)cc1Cl)S(C)(=O)=O. The Morgan fingerprint density at radius 1 is 1.23 bits per heavy atom. The van der Waals surface area contributed by atoms with Crippen LogP contribution in [0, 0.1) is 5.82 Å². The van der Waals surface area contributed by atoms with E-state index < -0.39 is 67.9 Å². The summed E-state index contributed by atoms with van der Waals surface area (Å²) in [5.74, 6) is -2.32. The van der Waals surface area contributed by atoms with E-state index >= 15 is 0 Å². The first kappa shape index (κ1) is 24.4. The monoisotopic (exact) mass is 487 g/mol. The molecule has 15 heteroatoms. The summed E-state index contributed by atoms with van der Waals surface area (Å²) in [5, 5.41) is -0.521. The first-order chi connectivity index (χ1) is 14.1. The third-order valence-corrected chi connectivity index (χ3v) is 5.47. The number of hydrogen-bond donors (Lipinski definition) is 0. The highest BCUT2D eigenvalue weighted by Crippen LogP contribution is 2.32. The average Bonchev–Trinajstić information content (AvgIpc) is 2.62. The van der Waals surface area contributed by atoms with Gasteiger partial charge in [-0.3, -0.25) is 18.5 Å². The van der Waals surface area contributed by atoms with Gasteiger partial charge in [0.1, 0.15) is 18.1 Å². The molecule has 2 rings (SSSR count). The molecule has 0 saturated heterocycles. The van der Waals surface area contributed by atoms with Gasteiger partial charge in [0.05, 0.1) is 29.8 Å². The van der Waals surface area contributed by atoms with E-state index in [1.165, 1.54) is 0 Å². The molecule has 0 fully saturated rings. The van der Waals surface area contributed by atoms with E-state index in [4.69, 9.17) is 11.6 Å². The minimum absolute atomic E-state index is 0.0724. The Kier molecular flexibility index (Phi) is 6.56. The van der Waals surface area contributed by atoms with E-state index in [-0.39, 0.29) is 15.2 Å². The predicted molar refractivity (Wildman–Crippen MR) is 101 cm³/mol. The van der Waals surface area contributed by atoms with Crippen molar-refractivity contribution in [2.24, 2.45) is 7.05 Å². The van der Waals surface area contributed by atoms with Gasteiger partial charge in [-0.2, -0.15) is 13.2 Å². The maximum Gasteiger partial charge on any atom is 0.431 e. The molecule has 1 aromatic heterocycles. The first-order valence-corrected chi connectivity index (χ1v) is 10.3. The minimum atomic E-state index is -5.04. The quantitative estimate of drug-likeness (QED) is 0.464. The lowest BCUT2D eigenvalue weighted by atomic mass is 10.2. The molecule has 0 aliphatic rings. The van der Waals surface area contributed by atoms with E-state index in [1.54, 1.807) is 0 Å². The Morgan fingerprint density at radius 2 is 1.81 bits per heavy atom. The topological polar surface area (TPSA) is 108 Å². The van der Waals surface area contributed by atoms with Crippen LogP contribution in [-0.2, 0) is 32.8 Å². The fourth-order valence-corrected chi connectivity index (χ4v) is 3.72. The van der Waals surface area contributed by atoms with Gasteiger partial charge >= 0.3 is 17.8 Å². The molecule has 170 valence electrons. The van der Waals surface area contributed by atoms with E-state index in [2.05, 4.69) is 4.74 Å². The number of rotatable bonds is 5. The van der Waals surface area contributed by atoms with Crippen molar-refractivity contribution in [1.82, 2.24) is 9.13 Å². The normalized spacial score (nSPS) is 12.0. The molecule has 0 aliphatic carbocycles. The maximum absolute atomic E-state index is 14.6. The number of esters is 1. The van der Waals surface area contributed by atoms with E-state index in [0.29, 0.717) is 22.7 Å². The molecule has 31 heavy (non-hydrogen) atoms. The third kappa shape index (κ3) is 4.90. The standard InChI is InChI=1S/C16H14ClF4N3O6S/c1-22-12(16(19,20)21)6-13(25)24(15(22)27)11-5-10(8(17)4-9(11)18)23(31(3,28)29)7-14(26)30-2/h4-6H,7H2,1-3H3. The lowest BCUT2D eigenvalue weighted by molar-refractivity contribution is -0.144. The molecule has 2 aromatic rings. The van der Waals surface area contributed by atoms with Gasteiger partial charge in [-0.25, -0.2) is 22.2 Å². The molecule has 0 unspecified atom stereocenters. The summed E-state index contributed by atoms with van der Waals surface area (Å²) in [6.45, 7) is -0.889. The van der Waals surface area contributed by atoms with Crippen molar-refractivity contribution in [3.05, 3.63) is 55.6 Å². The van der Waals surface area contributed by atoms with Crippen LogP contribution in [0.15, 0.2) is 27.8 Å². The van der Waals surface area contributed by atoms with Crippen LogP contribution in [-0.4, -0.2) is 43.4 Å². The number of hydrogen-bond acceptors (Lipinski definition) is 6. The van der Waals surface area contributed by atoms with Gasteiger partial charge in [0.2, 0.25) is 10.0 Å². The molecule has 0 atom stereocenters. The van der Waals surface area contributed by atoms with Gasteiger partial charge in [-0.05, 0) is 12.1 Å². The number of halogens is 5. The molecule has 0 amide bonds. The largest absolute Gasteiger partial charge is 0.468 e. The van der Waals surface area contributed by atoms with Crippen LogP contribution in [0.3, 0.4) is 0 Å². The molecule has 1 aromatic carbocycles. The van der Waals surface area contributed by atoms with Crippen molar-refractivity contribution in [3.8, 4) is 5.69 Å². The Morgan fingerprint density at radius 3 is 2.29 bits per heavy atom. The number of methoxy groups -OCH3 is 1. The molecule has 0 N–H and O–H groups in total. The van der Waals surface area contributed by atoms with Crippen LogP contribution < -0.4 is 15.6 Å². The number of alkyl halides is 3. The molecule has 9 nitrogen and oxygen atoms in total. The van der Waals surface area contributed by atoms with Crippen LogP contribution in [0.4, 0.5) is 23.2 Å². The molecule has 1 heterocycles. The summed E-state index contributed by atoms with van der Waals surface area (Å²) in [4.78, 5) is 36.3. The second kappa shape index (κ2) is 8.34. The summed E-state index contributed by atoms with van der Waals surface area (Å²) in [6.07, 6.45) is -4.35. The van der Waals surface area contributed by atoms with Crippen LogP contribution in [0.25, 0.3) is 5.69 Å². The zero-order valence-electron chi connectivity index (χ0n) is 16.0. The van der Waals surface area contributed by atoms with Gasteiger partial charge in [-0.15, -0.1) is 0 Å². The van der Waals surface area contributed by atoms with Gasteiger partial charge in [-0.1, -0.05) is 11.6 Å². The predicted octanol–water partition coefficient (Wildman–Crippen LogP) is 1.29. The highest BCUT2D eigenvalue weighted by Gasteiger charge is 2.35. The zero-order chi connectivity index (χ0) is 23.9. The van der Waals surface area contributed by atoms with E-state index in [9.17, 15) is 40.4 Å². The Bertz CT molecular complexity index is 1270. The third-order valence-electron chi connectivity index (χ3n) is 4.04. The van der Waals surface area contributed by atoms with E-state index in [0.717, 1.165) is 14.2 Å². The number of benzene rings is 1. The van der Waals surface area contributed by atoms with Gasteiger partial charge in [0.15, 0.2) is 0 Å². The van der Waals surface area contributed by atoms with Crippen molar-refractivity contribution >= 4 is 33.3 Å². The molecule has 0 saturated carbocycles. The van der Waals surface area contributed by atoms with Crippen molar-refractivity contribution in [2.45, 2.75) is 6.18 Å². The summed E-state index contributed by atoms with van der Waals surface area (Å²) < 4.78 is 82.8. The average molecular weight is 488 g/mol. The van der Waals surface area contributed by atoms with Crippen molar-refractivity contribution in [3.63, 3.8) is 0 Å². The maximum atomic E-state index is 14.6. The fraction of sp³-hybridized carbons (Fsp3) is 0.312. The summed E-state index contributed by atoms with van der Waals surface area (Å²) in [5.41, 5.74) is -6.04. The number of carbonyl (C=O) groups is 1. The number of carbonyl (C=O) groups excluding carboxylic acids is 1. The highest BCUT2D eigenvalue weighted by atomic mass is 35.5. The van der Waals surface area contributed by atoms with Crippen LogP contribution in [0.2, 0.25) is 5.02 Å². The van der Waals surface area contributed by atoms with Crippen LogP contribution >= 0.6 is 11.6 Å². The lowest BCUT2D eigenvalue weighted by Gasteiger charge is -2.23. The molecule has 0 spiro atoms. The molecule has 0 bridgehead atoms. The van der Waals surface area contributed by atoms with Gasteiger partial charge < -0.3 is 4.74 Å². The second-order valence-corrected chi connectivity index (χ2v) is 8.46. The molecule has 0 radical (unpaired) electrons. The highest BCUT2D eigenvalue weighted by molar-refractivity contribution is 7.92.